The summed E-state index contributed by atoms with van der Waals surface area (Å²) in [5, 5.41) is 0. The molecular formula is C20H21N3O2S. The van der Waals surface area contributed by atoms with Crippen molar-refractivity contribution in [1.82, 2.24) is 14.3 Å². The van der Waals surface area contributed by atoms with Gasteiger partial charge in [-0.3, -0.25) is 14.0 Å². The maximum atomic E-state index is 12.4. The first-order valence-electron chi connectivity index (χ1n) is 8.82. The van der Waals surface area contributed by atoms with Gasteiger partial charge in [-0.05, 0) is 49.8 Å². The Bertz CT molecular complexity index is 1030. The summed E-state index contributed by atoms with van der Waals surface area (Å²) in [5.74, 6) is -0.0646. The third-order valence-electron chi connectivity index (χ3n) is 5.07. The highest BCUT2D eigenvalue weighted by Gasteiger charge is 2.23. The molecule has 134 valence electrons. The summed E-state index contributed by atoms with van der Waals surface area (Å²) in [6, 6.07) is 6.40. The average Bonchev–Trinajstić information content (AvgIpc) is 3.17. The topological polar surface area (TPSA) is 54.7 Å². The average molecular weight is 367 g/mol. The quantitative estimate of drug-likeness (QED) is 0.662. The number of aldehydes is 1. The minimum atomic E-state index is -0.0646. The number of nitrogens with zero attached hydrogens (tertiary/aromatic N) is 3. The van der Waals surface area contributed by atoms with Crippen LogP contribution >= 0.6 is 11.3 Å². The van der Waals surface area contributed by atoms with Crippen LogP contribution in [0.25, 0.3) is 16.2 Å². The van der Waals surface area contributed by atoms with E-state index in [2.05, 4.69) is 18.2 Å². The normalized spacial score (nSPS) is 13.7. The van der Waals surface area contributed by atoms with E-state index in [1.54, 1.807) is 19.0 Å². The molecule has 0 bridgehead atoms. The highest BCUT2D eigenvalue weighted by molar-refractivity contribution is 7.19. The Kier molecular flexibility index (Phi) is 4.15. The van der Waals surface area contributed by atoms with Gasteiger partial charge in [-0.1, -0.05) is 23.5 Å². The lowest BCUT2D eigenvalue weighted by atomic mass is 9.90. The lowest BCUT2D eigenvalue weighted by molar-refractivity contribution is 0.0831. The van der Waals surface area contributed by atoms with Gasteiger partial charge in [-0.25, -0.2) is 4.98 Å². The van der Waals surface area contributed by atoms with Crippen molar-refractivity contribution in [2.75, 3.05) is 14.1 Å². The van der Waals surface area contributed by atoms with E-state index in [1.165, 1.54) is 35.3 Å². The van der Waals surface area contributed by atoms with Crippen LogP contribution in [0.5, 0.6) is 0 Å². The summed E-state index contributed by atoms with van der Waals surface area (Å²) < 4.78 is 1.81. The number of benzene rings is 1. The van der Waals surface area contributed by atoms with Crippen LogP contribution in [0.15, 0.2) is 18.2 Å². The van der Waals surface area contributed by atoms with Crippen LogP contribution in [0.2, 0.25) is 0 Å². The molecule has 4 rings (SSSR count). The molecular weight excluding hydrogens is 346 g/mol. The molecule has 0 spiro atoms. The number of thiazole rings is 1. The van der Waals surface area contributed by atoms with Crippen LogP contribution in [0.1, 0.15) is 49.8 Å². The molecule has 26 heavy (non-hydrogen) atoms. The van der Waals surface area contributed by atoms with Gasteiger partial charge in [-0.2, -0.15) is 0 Å². The number of hydrogen-bond donors (Lipinski definition) is 0. The van der Waals surface area contributed by atoms with Crippen molar-refractivity contribution in [2.24, 2.45) is 0 Å². The van der Waals surface area contributed by atoms with Crippen molar-refractivity contribution in [3.05, 3.63) is 45.6 Å². The molecule has 2 aromatic heterocycles. The van der Waals surface area contributed by atoms with Gasteiger partial charge in [-0.15, -0.1) is 0 Å². The van der Waals surface area contributed by atoms with Crippen LogP contribution in [-0.2, 0) is 12.8 Å². The van der Waals surface area contributed by atoms with Crippen molar-refractivity contribution >= 4 is 28.5 Å². The van der Waals surface area contributed by atoms with Gasteiger partial charge in [0.05, 0.1) is 0 Å². The molecule has 1 aliphatic carbocycles. The Morgan fingerprint density at radius 2 is 1.96 bits per heavy atom. The van der Waals surface area contributed by atoms with Gasteiger partial charge in [0.1, 0.15) is 16.3 Å². The van der Waals surface area contributed by atoms with Gasteiger partial charge in [0.25, 0.3) is 5.91 Å². The number of carbonyl (C=O) groups is 2. The molecule has 5 nitrogen and oxygen atoms in total. The second kappa shape index (κ2) is 6.36. The molecule has 0 radical (unpaired) electrons. The lowest BCUT2D eigenvalue weighted by Gasteiger charge is -2.16. The Morgan fingerprint density at radius 1 is 1.23 bits per heavy atom. The fourth-order valence-corrected chi connectivity index (χ4v) is 4.83. The zero-order chi connectivity index (χ0) is 18.4. The number of rotatable bonds is 3. The number of amides is 1. The highest BCUT2D eigenvalue weighted by atomic mass is 32.1. The zero-order valence-corrected chi connectivity index (χ0v) is 16.0. The summed E-state index contributed by atoms with van der Waals surface area (Å²) in [6.45, 7) is 1.87. The van der Waals surface area contributed by atoms with Gasteiger partial charge >= 0.3 is 0 Å². The number of imidazole rings is 1. The van der Waals surface area contributed by atoms with Crippen molar-refractivity contribution in [3.63, 3.8) is 0 Å². The van der Waals surface area contributed by atoms with Crippen LogP contribution in [0.3, 0.4) is 0 Å². The summed E-state index contributed by atoms with van der Waals surface area (Å²) in [4.78, 5) is 31.8. The van der Waals surface area contributed by atoms with E-state index in [0.717, 1.165) is 30.4 Å². The van der Waals surface area contributed by atoms with Gasteiger partial charge in [0.2, 0.25) is 0 Å². The van der Waals surface area contributed by atoms with Crippen LogP contribution < -0.4 is 0 Å². The summed E-state index contributed by atoms with van der Waals surface area (Å²) in [6.07, 6.45) is 5.52. The molecule has 1 aliphatic rings. The van der Waals surface area contributed by atoms with E-state index >= 15 is 0 Å². The summed E-state index contributed by atoms with van der Waals surface area (Å²) >= 11 is 1.34. The third kappa shape index (κ3) is 2.56. The van der Waals surface area contributed by atoms with Crippen molar-refractivity contribution < 1.29 is 9.59 Å². The minimum absolute atomic E-state index is 0.0646. The predicted molar refractivity (Wildman–Crippen MR) is 103 cm³/mol. The molecule has 0 aliphatic heterocycles. The Morgan fingerprint density at radius 3 is 2.65 bits per heavy atom. The monoisotopic (exact) mass is 367 g/mol. The van der Waals surface area contributed by atoms with E-state index in [4.69, 9.17) is 4.98 Å². The van der Waals surface area contributed by atoms with Gasteiger partial charge in [0, 0.05) is 25.4 Å². The van der Waals surface area contributed by atoms with E-state index in [1.807, 2.05) is 11.3 Å². The second-order valence-corrected chi connectivity index (χ2v) is 7.97. The van der Waals surface area contributed by atoms with E-state index in [0.29, 0.717) is 21.2 Å². The highest BCUT2D eigenvalue weighted by Crippen LogP contribution is 2.33. The molecule has 1 amide bonds. The largest absolute Gasteiger partial charge is 0.344 e. The predicted octanol–water partition coefficient (Wildman–Crippen LogP) is 3.76. The Balaban J connectivity index is 1.87. The number of carbonyl (C=O) groups excluding carboxylic acids is 2. The SMILES string of the molecule is Cc1c(C(=O)N(C)C)sc2nc(-c3ccc4c(c3)CCCC4)c(C=O)n12. The molecule has 1 aromatic carbocycles. The standard InChI is InChI=1S/C20H21N3O2S/c1-12-18(19(25)22(2)3)26-20-21-17(16(11-24)23(12)20)15-9-8-13-6-4-5-7-14(13)10-15/h8-11H,4-7H2,1-3H3. The molecule has 0 saturated carbocycles. The first-order valence-corrected chi connectivity index (χ1v) is 9.63. The zero-order valence-electron chi connectivity index (χ0n) is 15.2. The maximum absolute atomic E-state index is 12.4. The van der Waals surface area contributed by atoms with E-state index in [-0.39, 0.29) is 5.91 Å². The van der Waals surface area contributed by atoms with Crippen molar-refractivity contribution in [1.29, 1.82) is 0 Å². The fourth-order valence-electron chi connectivity index (χ4n) is 3.67. The first-order chi connectivity index (χ1) is 12.5. The molecule has 0 N–H and O–H groups in total. The molecule has 6 heteroatoms. The summed E-state index contributed by atoms with van der Waals surface area (Å²) in [7, 11) is 3.45. The Hall–Kier alpha value is -2.47. The van der Waals surface area contributed by atoms with Crippen molar-refractivity contribution in [2.45, 2.75) is 32.6 Å². The minimum Gasteiger partial charge on any atom is -0.344 e. The molecule has 3 aromatic rings. The van der Waals surface area contributed by atoms with E-state index < -0.39 is 0 Å². The van der Waals surface area contributed by atoms with E-state index in [9.17, 15) is 9.59 Å². The number of hydrogen-bond acceptors (Lipinski definition) is 4. The van der Waals surface area contributed by atoms with Crippen LogP contribution in [0.4, 0.5) is 0 Å². The smallest absolute Gasteiger partial charge is 0.265 e. The van der Waals surface area contributed by atoms with Crippen LogP contribution in [-0.4, -0.2) is 40.6 Å². The Labute approximate surface area is 156 Å². The lowest BCUT2D eigenvalue weighted by Crippen LogP contribution is -2.21. The molecule has 0 fully saturated rings. The number of aryl methyl sites for hydroxylation is 3. The first kappa shape index (κ1) is 17.0. The van der Waals surface area contributed by atoms with Gasteiger partial charge < -0.3 is 4.90 Å². The second-order valence-electron chi connectivity index (χ2n) is 6.99. The number of aromatic nitrogens is 2. The molecule has 0 saturated heterocycles. The molecule has 0 unspecified atom stereocenters. The molecule has 0 atom stereocenters. The fraction of sp³-hybridized carbons (Fsp3) is 0.350. The van der Waals surface area contributed by atoms with Crippen LogP contribution in [0, 0.1) is 6.92 Å². The number of fused-ring (bicyclic) bond motifs is 2. The van der Waals surface area contributed by atoms with Gasteiger partial charge in [0.15, 0.2) is 11.2 Å². The maximum Gasteiger partial charge on any atom is 0.265 e. The summed E-state index contributed by atoms with van der Waals surface area (Å²) in [5.41, 5.74) is 5.73. The molecule has 2 heterocycles. The van der Waals surface area contributed by atoms with Crippen molar-refractivity contribution in [3.8, 4) is 11.3 Å². The third-order valence-corrected chi connectivity index (χ3v) is 6.20.